The summed E-state index contributed by atoms with van der Waals surface area (Å²) in [6.45, 7) is -0.0356. The van der Waals surface area contributed by atoms with Gasteiger partial charge in [-0.3, -0.25) is 4.79 Å². The van der Waals surface area contributed by atoms with E-state index in [0.29, 0.717) is 14.5 Å². The van der Waals surface area contributed by atoms with Crippen molar-refractivity contribution in [2.24, 2.45) is 0 Å². The molecule has 0 atom stereocenters. The number of hydrogen-bond acceptors (Lipinski definition) is 3. The topological polar surface area (TPSA) is 58.7 Å². The Labute approximate surface area is 124 Å². The molecule has 96 valence electrons. The van der Waals surface area contributed by atoms with Crippen molar-refractivity contribution in [3.05, 3.63) is 60.6 Å². The summed E-state index contributed by atoms with van der Waals surface area (Å²) in [5.74, 6) is -0.480. The molecule has 0 aliphatic carbocycles. The second-order valence-corrected chi connectivity index (χ2v) is 5.33. The second-order valence-electron chi connectivity index (χ2n) is 3.69. The minimum absolute atomic E-state index is 0.0356. The van der Waals surface area contributed by atoms with Gasteiger partial charge >= 0.3 is 0 Å². The number of rotatable bonds is 2. The van der Waals surface area contributed by atoms with E-state index in [4.69, 9.17) is 5.26 Å². The molecule has 0 saturated carbocycles. The van der Waals surface area contributed by atoms with E-state index in [0.717, 1.165) is 4.68 Å². The Morgan fingerprint density at radius 2 is 2.16 bits per heavy atom. The molecule has 0 N–H and O–H groups in total. The number of aromatic nitrogens is 2. The molecule has 0 amide bonds. The summed E-state index contributed by atoms with van der Waals surface area (Å²) < 4.78 is 15.6. The minimum atomic E-state index is -0.480. The number of nitrogens with zero attached hydrogens (tertiary/aromatic N) is 3. The summed E-state index contributed by atoms with van der Waals surface area (Å²) in [5.41, 5.74) is 0.194. The van der Waals surface area contributed by atoms with Gasteiger partial charge in [-0.15, -0.1) is 0 Å². The second kappa shape index (κ2) is 5.63. The largest absolute Gasteiger partial charge is 0.282 e. The third kappa shape index (κ3) is 2.91. The van der Waals surface area contributed by atoms with Crippen LogP contribution in [0.3, 0.4) is 0 Å². The highest BCUT2D eigenvalue weighted by Gasteiger charge is 2.10. The van der Waals surface area contributed by atoms with Crippen LogP contribution in [-0.4, -0.2) is 9.78 Å². The van der Waals surface area contributed by atoms with E-state index in [-0.39, 0.29) is 17.7 Å². The van der Waals surface area contributed by atoms with Crippen LogP contribution in [0.15, 0.2) is 38.1 Å². The summed E-state index contributed by atoms with van der Waals surface area (Å²) in [7, 11) is 0. The Balaban J connectivity index is 2.45. The fraction of sp³-hybridized carbons (Fsp3) is 0.0833. The van der Waals surface area contributed by atoms with Crippen LogP contribution in [0.2, 0.25) is 0 Å². The van der Waals surface area contributed by atoms with Crippen LogP contribution in [0.1, 0.15) is 11.1 Å². The molecule has 0 aliphatic rings. The van der Waals surface area contributed by atoms with E-state index < -0.39 is 5.82 Å². The number of benzene rings is 1. The van der Waals surface area contributed by atoms with Crippen molar-refractivity contribution in [3.8, 4) is 6.07 Å². The quantitative estimate of drug-likeness (QED) is 0.797. The zero-order valence-electron chi connectivity index (χ0n) is 9.40. The van der Waals surface area contributed by atoms with Crippen molar-refractivity contribution < 1.29 is 4.39 Å². The Hall–Kier alpha value is -1.52. The van der Waals surface area contributed by atoms with Gasteiger partial charge in [-0.05, 0) is 50.1 Å². The van der Waals surface area contributed by atoms with Gasteiger partial charge in [0.2, 0.25) is 0 Å². The molecule has 0 aliphatic heterocycles. The zero-order valence-corrected chi connectivity index (χ0v) is 12.6. The Morgan fingerprint density at radius 1 is 1.42 bits per heavy atom. The van der Waals surface area contributed by atoms with E-state index in [2.05, 4.69) is 37.0 Å². The lowest BCUT2D eigenvalue weighted by molar-refractivity contribution is 0.570. The highest BCUT2D eigenvalue weighted by atomic mass is 79.9. The van der Waals surface area contributed by atoms with Gasteiger partial charge in [-0.2, -0.15) is 10.4 Å². The van der Waals surface area contributed by atoms with Gasteiger partial charge in [0.15, 0.2) is 0 Å². The molecule has 0 spiro atoms. The standard InChI is InChI=1S/C12H6Br2FN3O/c13-9-5-17-18(12(19)11(9)14)6-8-3-7(4-16)1-2-10(8)15/h1-3,5H,6H2. The molecule has 4 nitrogen and oxygen atoms in total. The van der Waals surface area contributed by atoms with Gasteiger partial charge in [0.05, 0.1) is 28.8 Å². The SMILES string of the molecule is N#Cc1ccc(F)c(Cn2ncc(Br)c(Br)c2=O)c1. The van der Waals surface area contributed by atoms with E-state index in [9.17, 15) is 9.18 Å². The molecule has 7 heteroatoms. The molecule has 2 aromatic rings. The van der Waals surface area contributed by atoms with Crippen LogP contribution < -0.4 is 5.56 Å². The first kappa shape index (κ1) is 13.9. The molecule has 0 bridgehead atoms. The van der Waals surface area contributed by atoms with Crippen molar-refractivity contribution in [1.29, 1.82) is 5.26 Å². The average Bonchev–Trinajstić information content (AvgIpc) is 2.41. The van der Waals surface area contributed by atoms with Gasteiger partial charge in [0.25, 0.3) is 5.56 Å². The van der Waals surface area contributed by atoms with Crippen LogP contribution in [0.5, 0.6) is 0 Å². The molecule has 0 fully saturated rings. The fourth-order valence-electron chi connectivity index (χ4n) is 1.48. The Kier molecular flexibility index (Phi) is 4.12. The van der Waals surface area contributed by atoms with Crippen molar-refractivity contribution in [2.75, 3.05) is 0 Å². The van der Waals surface area contributed by atoms with Gasteiger partial charge in [-0.1, -0.05) is 0 Å². The highest BCUT2D eigenvalue weighted by Crippen LogP contribution is 2.17. The fourth-order valence-corrected chi connectivity index (χ4v) is 2.05. The molecule has 1 aromatic heterocycles. The van der Waals surface area contributed by atoms with E-state index >= 15 is 0 Å². The van der Waals surface area contributed by atoms with Gasteiger partial charge in [0, 0.05) is 5.56 Å². The van der Waals surface area contributed by atoms with Gasteiger partial charge in [0.1, 0.15) is 10.3 Å². The lowest BCUT2D eigenvalue weighted by Gasteiger charge is -2.07. The predicted octanol–water partition coefficient (Wildman–Crippen LogP) is 2.83. The van der Waals surface area contributed by atoms with E-state index in [1.165, 1.54) is 24.4 Å². The van der Waals surface area contributed by atoms with Crippen LogP contribution in [0.4, 0.5) is 4.39 Å². The molecule has 0 saturated heterocycles. The number of nitriles is 1. The summed E-state index contributed by atoms with van der Waals surface area (Å²) in [4.78, 5) is 11.9. The lowest BCUT2D eigenvalue weighted by Crippen LogP contribution is -2.24. The summed E-state index contributed by atoms with van der Waals surface area (Å²) in [5, 5.41) is 12.7. The zero-order chi connectivity index (χ0) is 14.0. The summed E-state index contributed by atoms with van der Waals surface area (Å²) >= 11 is 6.29. The molecule has 0 radical (unpaired) electrons. The molecule has 2 rings (SSSR count). The predicted molar refractivity (Wildman–Crippen MR) is 74.1 cm³/mol. The van der Waals surface area contributed by atoms with Crippen molar-refractivity contribution in [2.45, 2.75) is 6.54 Å². The maximum atomic E-state index is 13.6. The first-order chi connectivity index (χ1) is 9.02. The lowest BCUT2D eigenvalue weighted by atomic mass is 10.1. The smallest absolute Gasteiger partial charge is 0.266 e. The number of halogens is 3. The average molecular weight is 387 g/mol. The minimum Gasteiger partial charge on any atom is -0.266 e. The molecule has 0 unspecified atom stereocenters. The normalized spacial score (nSPS) is 10.2. The molecular weight excluding hydrogens is 381 g/mol. The molecular formula is C12H6Br2FN3O. The third-order valence-electron chi connectivity index (χ3n) is 2.44. The first-order valence-corrected chi connectivity index (χ1v) is 6.71. The first-order valence-electron chi connectivity index (χ1n) is 5.12. The van der Waals surface area contributed by atoms with Crippen LogP contribution >= 0.6 is 31.9 Å². The number of hydrogen-bond donors (Lipinski definition) is 0. The van der Waals surface area contributed by atoms with E-state index in [1.807, 2.05) is 6.07 Å². The Morgan fingerprint density at radius 3 is 2.84 bits per heavy atom. The van der Waals surface area contributed by atoms with Gasteiger partial charge < -0.3 is 0 Å². The monoisotopic (exact) mass is 385 g/mol. The molecule has 19 heavy (non-hydrogen) atoms. The maximum Gasteiger partial charge on any atom is 0.282 e. The Bertz CT molecular complexity index is 737. The summed E-state index contributed by atoms with van der Waals surface area (Å²) in [6.07, 6.45) is 1.44. The maximum absolute atomic E-state index is 13.6. The molecule has 1 aromatic carbocycles. The van der Waals surface area contributed by atoms with Crippen molar-refractivity contribution in [3.63, 3.8) is 0 Å². The van der Waals surface area contributed by atoms with Gasteiger partial charge in [-0.25, -0.2) is 9.07 Å². The highest BCUT2D eigenvalue weighted by molar-refractivity contribution is 9.13. The van der Waals surface area contributed by atoms with Crippen LogP contribution in [0, 0.1) is 17.1 Å². The van der Waals surface area contributed by atoms with Crippen molar-refractivity contribution >= 4 is 31.9 Å². The third-order valence-corrected chi connectivity index (χ3v) is 4.34. The van der Waals surface area contributed by atoms with Crippen molar-refractivity contribution in [1.82, 2.24) is 9.78 Å². The molecule has 1 heterocycles. The summed E-state index contributed by atoms with van der Waals surface area (Å²) in [6, 6.07) is 5.91. The van der Waals surface area contributed by atoms with E-state index in [1.54, 1.807) is 0 Å². The van der Waals surface area contributed by atoms with Crippen LogP contribution in [-0.2, 0) is 6.54 Å². The van der Waals surface area contributed by atoms with Crippen LogP contribution in [0.25, 0.3) is 0 Å².